The number of hydrogen-bond acceptors (Lipinski definition) is 3. The molecule has 0 radical (unpaired) electrons. The molecule has 3 nitrogen and oxygen atoms in total. The molecule has 0 unspecified atom stereocenters. The number of benzene rings is 2. The number of rotatable bonds is 5. The first-order valence-electron chi connectivity index (χ1n) is 6.97. The smallest absolute Gasteiger partial charge is 0.167 e. The Balaban J connectivity index is 2.21. The van der Waals surface area contributed by atoms with Gasteiger partial charge in [0.05, 0.1) is 18.5 Å². The minimum atomic E-state index is -0.445. The molecule has 2 aromatic carbocycles. The van der Waals surface area contributed by atoms with E-state index in [2.05, 4.69) is 31.2 Å². The highest BCUT2D eigenvalue weighted by Gasteiger charge is 2.12. The Kier molecular flexibility index (Phi) is 4.68. The molecule has 4 heteroatoms. The molecule has 0 fully saturated rings. The molecule has 2 rings (SSSR count). The Morgan fingerprint density at radius 3 is 2.33 bits per heavy atom. The van der Waals surface area contributed by atoms with Gasteiger partial charge in [0.1, 0.15) is 0 Å². The summed E-state index contributed by atoms with van der Waals surface area (Å²) in [5.74, 6) is -0.244. The third-order valence-electron chi connectivity index (χ3n) is 3.56. The zero-order valence-corrected chi connectivity index (χ0v) is 12.7. The van der Waals surface area contributed by atoms with Gasteiger partial charge in [-0.1, -0.05) is 31.2 Å². The highest BCUT2D eigenvalue weighted by atomic mass is 19.1. The van der Waals surface area contributed by atoms with E-state index in [1.165, 1.54) is 24.3 Å². The molecule has 0 saturated carbocycles. The highest BCUT2D eigenvalue weighted by Crippen LogP contribution is 2.31. The Labute approximate surface area is 125 Å². The number of methoxy groups -OCH3 is 1. The van der Waals surface area contributed by atoms with Crippen LogP contribution in [0, 0.1) is 5.82 Å². The van der Waals surface area contributed by atoms with E-state index < -0.39 is 5.82 Å². The summed E-state index contributed by atoms with van der Waals surface area (Å²) in [5.41, 5.74) is 9.56. The average Bonchev–Trinajstić information content (AvgIpc) is 2.48. The third kappa shape index (κ3) is 3.45. The topological polar surface area (TPSA) is 38.5 Å². The highest BCUT2D eigenvalue weighted by molar-refractivity contribution is 5.69. The predicted octanol–water partition coefficient (Wildman–Crippen LogP) is 3.62. The maximum atomic E-state index is 13.6. The summed E-state index contributed by atoms with van der Waals surface area (Å²) >= 11 is 0. The summed E-state index contributed by atoms with van der Waals surface area (Å²) in [6.07, 6.45) is 1.03. The first-order valence-corrected chi connectivity index (χ1v) is 6.97. The molecule has 0 bridgehead atoms. The summed E-state index contributed by atoms with van der Waals surface area (Å²) in [7, 11) is 3.37. The number of nitrogens with zero attached hydrogens (tertiary/aromatic N) is 1. The normalized spacial score (nSPS) is 10.5. The summed E-state index contributed by atoms with van der Waals surface area (Å²) in [6, 6.07) is 11.4. The van der Waals surface area contributed by atoms with E-state index in [0.29, 0.717) is 12.2 Å². The Morgan fingerprint density at radius 2 is 1.76 bits per heavy atom. The van der Waals surface area contributed by atoms with Crippen molar-refractivity contribution in [3.05, 3.63) is 53.3 Å². The minimum absolute atomic E-state index is 0.201. The second kappa shape index (κ2) is 6.48. The minimum Gasteiger partial charge on any atom is -0.494 e. The van der Waals surface area contributed by atoms with Crippen molar-refractivity contribution in [1.82, 2.24) is 0 Å². The van der Waals surface area contributed by atoms with Gasteiger partial charge in [-0.05, 0) is 17.5 Å². The standard InChI is InChI=1S/C17H21FN2O/c1-4-12-5-7-13(8-6-12)11-20(2)16-10-17(21-3)14(18)9-15(16)19/h5-10H,4,11,19H2,1-3H3. The molecule has 2 N–H and O–H groups in total. The number of halogens is 1. The van der Waals surface area contributed by atoms with Gasteiger partial charge >= 0.3 is 0 Å². The molecule has 0 atom stereocenters. The van der Waals surface area contributed by atoms with Crippen LogP contribution in [0.15, 0.2) is 36.4 Å². The molecule has 0 saturated heterocycles. The van der Waals surface area contributed by atoms with Crippen LogP contribution in [0.25, 0.3) is 0 Å². The lowest BCUT2D eigenvalue weighted by Crippen LogP contribution is -2.18. The van der Waals surface area contributed by atoms with Crippen LogP contribution in [-0.4, -0.2) is 14.2 Å². The fourth-order valence-corrected chi connectivity index (χ4v) is 2.28. The number of nitrogens with two attached hydrogens (primary N) is 1. The van der Waals surface area contributed by atoms with Gasteiger partial charge < -0.3 is 15.4 Å². The molecular formula is C17H21FN2O. The number of aryl methyl sites for hydroxylation is 1. The Morgan fingerprint density at radius 1 is 1.14 bits per heavy atom. The summed E-state index contributed by atoms with van der Waals surface area (Å²) in [5, 5.41) is 0. The molecule has 0 aliphatic rings. The maximum Gasteiger partial charge on any atom is 0.167 e. The number of anilines is 2. The molecule has 0 heterocycles. The van der Waals surface area contributed by atoms with Crippen LogP contribution in [0.5, 0.6) is 5.75 Å². The first-order chi connectivity index (χ1) is 10.0. The SMILES string of the molecule is CCc1ccc(CN(C)c2cc(OC)c(F)cc2N)cc1. The second-order valence-corrected chi connectivity index (χ2v) is 5.07. The van der Waals surface area contributed by atoms with Crippen molar-refractivity contribution in [3.8, 4) is 5.75 Å². The van der Waals surface area contributed by atoms with Gasteiger partial charge in [0.25, 0.3) is 0 Å². The van der Waals surface area contributed by atoms with Crippen LogP contribution in [0.1, 0.15) is 18.1 Å². The van der Waals surface area contributed by atoms with Crippen LogP contribution < -0.4 is 15.4 Å². The lowest BCUT2D eigenvalue weighted by atomic mass is 10.1. The van der Waals surface area contributed by atoms with Gasteiger partial charge in [0.15, 0.2) is 11.6 Å². The van der Waals surface area contributed by atoms with Crippen molar-refractivity contribution in [2.45, 2.75) is 19.9 Å². The summed E-state index contributed by atoms with van der Waals surface area (Å²) in [4.78, 5) is 1.98. The quantitative estimate of drug-likeness (QED) is 0.854. The van der Waals surface area contributed by atoms with E-state index in [4.69, 9.17) is 10.5 Å². The maximum absolute atomic E-state index is 13.6. The zero-order chi connectivity index (χ0) is 15.4. The van der Waals surface area contributed by atoms with E-state index in [1.807, 2.05) is 11.9 Å². The summed E-state index contributed by atoms with van der Waals surface area (Å²) < 4.78 is 18.6. The van der Waals surface area contributed by atoms with Crippen molar-refractivity contribution in [2.75, 3.05) is 24.8 Å². The van der Waals surface area contributed by atoms with E-state index in [1.54, 1.807) is 6.07 Å². The van der Waals surface area contributed by atoms with Crippen molar-refractivity contribution in [2.24, 2.45) is 0 Å². The molecule has 0 aliphatic heterocycles. The van der Waals surface area contributed by atoms with Crippen LogP contribution in [0.4, 0.5) is 15.8 Å². The predicted molar refractivity (Wildman–Crippen MR) is 85.3 cm³/mol. The molecule has 0 amide bonds. The van der Waals surface area contributed by atoms with Crippen molar-refractivity contribution in [1.29, 1.82) is 0 Å². The molecule has 0 aromatic heterocycles. The summed E-state index contributed by atoms with van der Waals surface area (Å²) in [6.45, 7) is 2.83. The Hall–Kier alpha value is -2.23. The van der Waals surface area contributed by atoms with Crippen LogP contribution >= 0.6 is 0 Å². The van der Waals surface area contributed by atoms with Gasteiger partial charge in [-0.3, -0.25) is 0 Å². The van der Waals surface area contributed by atoms with E-state index in [0.717, 1.165) is 12.1 Å². The average molecular weight is 288 g/mol. The molecular weight excluding hydrogens is 267 g/mol. The van der Waals surface area contributed by atoms with Gasteiger partial charge in [0, 0.05) is 25.7 Å². The van der Waals surface area contributed by atoms with Gasteiger partial charge in [-0.15, -0.1) is 0 Å². The van der Waals surface area contributed by atoms with Crippen LogP contribution in [0.2, 0.25) is 0 Å². The first kappa shape index (κ1) is 15.2. The monoisotopic (exact) mass is 288 g/mol. The molecule has 0 aliphatic carbocycles. The lowest BCUT2D eigenvalue weighted by Gasteiger charge is -2.22. The number of nitrogen functional groups attached to an aromatic ring is 1. The van der Waals surface area contributed by atoms with Crippen molar-refractivity contribution >= 4 is 11.4 Å². The third-order valence-corrected chi connectivity index (χ3v) is 3.56. The van der Waals surface area contributed by atoms with E-state index in [9.17, 15) is 4.39 Å². The molecule has 0 spiro atoms. The fourth-order valence-electron chi connectivity index (χ4n) is 2.28. The number of ether oxygens (including phenoxy) is 1. The molecule has 2 aromatic rings. The second-order valence-electron chi connectivity index (χ2n) is 5.07. The van der Waals surface area contributed by atoms with Gasteiger partial charge in [0.2, 0.25) is 0 Å². The lowest BCUT2D eigenvalue weighted by molar-refractivity contribution is 0.387. The van der Waals surface area contributed by atoms with Gasteiger partial charge in [-0.2, -0.15) is 0 Å². The Bertz CT molecular complexity index is 611. The van der Waals surface area contributed by atoms with Crippen molar-refractivity contribution in [3.63, 3.8) is 0 Å². The fraction of sp³-hybridized carbons (Fsp3) is 0.294. The van der Waals surface area contributed by atoms with Crippen LogP contribution in [0.3, 0.4) is 0 Å². The van der Waals surface area contributed by atoms with E-state index >= 15 is 0 Å². The van der Waals surface area contributed by atoms with Crippen molar-refractivity contribution < 1.29 is 9.13 Å². The van der Waals surface area contributed by atoms with Gasteiger partial charge in [-0.25, -0.2) is 4.39 Å². The zero-order valence-electron chi connectivity index (χ0n) is 12.7. The largest absolute Gasteiger partial charge is 0.494 e. The van der Waals surface area contributed by atoms with E-state index in [-0.39, 0.29) is 5.75 Å². The van der Waals surface area contributed by atoms with Crippen LogP contribution in [-0.2, 0) is 13.0 Å². The molecule has 112 valence electrons. The molecule has 21 heavy (non-hydrogen) atoms. The number of hydrogen-bond donors (Lipinski definition) is 1.